The van der Waals surface area contributed by atoms with E-state index in [1.165, 1.54) is 12.1 Å². The molecule has 2 aromatic carbocycles. The summed E-state index contributed by atoms with van der Waals surface area (Å²) >= 11 is 9.10. The molecule has 5 heteroatoms. The molecule has 0 bridgehead atoms. The van der Waals surface area contributed by atoms with Crippen LogP contribution in [0.5, 0.6) is 0 Å². The van der Waals surface area contributed by atoms with Crippen molar-refractivity contribution in [1.82, 2.24) is 5.32 Å². The van der Waals surface area contributed by atoms with Crippen LogP contribution < -0.4 is 5.32 Å². The van der Waals surface area contributed by atoms with Gasteiger partial charge in [-0.15, -0.1) is 0 Å². The van der Waals surface area contributed by atoms with Crippen molar-refractivity contribution in [3.05, 3.63) is 68.7 Å². The Hall–Kier alpha value is -0.970. The molecule has 0 aliphatic heterocycles. The highest BCUT2D eigenvalue weighted by Gasteiger charge is 2.18. The van der Waals surface area contributed by atoms with E-state index in [1.807, 2.05) is 0 Å². The third-order valence-electron chi connectivity index (χ3n) is 3.14. The number of hydrogen-bond donors (Lipinski definition) is 1. The molecule has 0 radical (unpaired) electrons. The van der Waals surface area contributed by atoms with E-state index < -0.39 is 5.82 Å². The maximum absolute atomic E-state index is 14.2. The molecule has 20 heavy (non-hydrogen) atoms. The molecule has 0 saturated heterocycles. The molecular weight excluding hydrogens is 348 g/mol. The van der Waals surface area contributed by atoms with Crippen molar-refractivity contribution < 1.29 is 8.78 Å². The number of nitrogens with one attached hydrogen (secondary N) is 1. The minimum atomic E-state index is -0.442. The molecule has 0 heterocycles. The highest BCUT2D eigenvalue weighted by Crippen LogP contribution is 2.31. The van der Waals surface area contributed by atoms with Crippen LogP contribution >= 0.6 is 27.5 Å². The zero-order valence-corrected chi connectivity index (χ0v) is 13.1. The minimum absolute atomic E-state index is 0.0712. The van der Waals surface area contributed by atoms with Crippen LogP contribution in [-0.2, 0) is 6.42 Å². The SMILES string of the molecule is CNC(Cc1ccc(F)cc1)c1ccc(Br)c(Cl)c1F. The van der Waals surface area contributed by atoms with E-state index >= 15 is 0 Å². The van der Waals surface area contributed by atoms with Crippen molar-refractivity contribution in [1.29, 1.82) is 0 Å². The van der Waals surface area contributed by atoms with Crippen LogP contribution in [0.1, 0.15) is 17.2 Å². The number of hydrogen-bond acceptors (Lipinski definition) is 1. The van der Waals surface area contributed by atoms with E-state index in [0.717, 1.165) is 5.56 Å². The summed E-state index contributed by atoms with van der Waals surface area (Å²) in [7, 11) is 1.75. The summed E-state index contributed by atoms with van der Waals surface area (Å²) in [6.45, 7) is 0. The summed E-state index contributed by atoms with van der Waals surface area (Å²) in [6, 6.07) is 9.35. The first-order valence-electron chi connectivity index (χ1n) is 6.08. The fourth-order valence-corrected chi connectivity index (χ4v) is 2.51. The van der Waals surface area contributed by atoms with Crippen molar-refractivity contribution in [2.75, 3.05) is 7.05 Å². The number of likely N-dealkylation sites (N-methyl/N-ethyl adjacent to an activating group) is 1. The lowest BCUT2D eigenvalue weighted by molar-refractivity contribution is 0.533. The molecule has 1 N–H and O–H groups in total. The lowest BCUT2D eigenvalue weighted by Gasteiger charge is -2.18. The highest BCUT2D eigenvalue weighted by molar-refractivity contribution is 9.10. The lowest BCUT2D eigenvalue weighted by atomic mass is 9.98. The summed E-state index contributed by atoms with van der Waals surface area (Å²) < 4.78 is 27.6. The fraction of sp³-hybridized carbons (Fsp3) is 0.200. The number of halogens is 4. The smallest absolute Gasteiger partial charge is 0.147 e. The monoisotopic (exact) mass is 359 g/mol. The van der Waals surface area contributed by atoms with Crippen molar-refractivity contribution >= 4 is 27.5 Å². The van der Waals surface area contributed by atoms with E-state index in [9.17, 15) is 8.78 Å². The zero-order valence-electron chi connectivity index (χ0n) is 10.8. The molecule has 106 valence electrons. The summed E-state index contributed by atoms with van der Waals surface area (Å²) in [5, 5.41) is 3.13. The Morgan fingerprint density at radius 2 is 1.80 bits per heavy atom. The largest absolute Gasteiger partial charge is 0.313 e. The van der Waals surface area contributed by atoms with Crippen LogP contribution in [-0.4, -0.2) is 7.05 Å². The maximum atomic E-state index is 14.2. The first kappa shape index (κ1) is 15.4. The molecule has 2 rings (SSSR count). The molecular formula is C15H13BrClF2N. The van der Waals surface area contributed by atoms with Crippen molar-refractivity contribution in [3.63, 3.8) is 0 Å². The normalized spacial score (nSPS) is 12.4. The molecule has 1 unspecified atom stereocenters. The predicted octanol–water partition coefficient (Wildman–Crippen LogP) is 4.88. The molecule has 2 aromatic rings. The van der Waals surface area contributed by atoms with Crippen LogP contribution in [0, 0.1) is 11.6 Å². The average molecular weight is 361 g/mol. The second-order valence-electron chi connectivity index (χ2n) is 4.44. The highest BCUT2D eigenvalue weighted by atomic mass is 79.9. The van der Waals surface area contributed by atoms with Crippen LogP contribution in [0.4, 0.5) is 8.78 Å². The second kappa shape index (κ2) is 6.66. The standard InChI is InChI=1S/C15H13BrClF2N/c1-20-13(8-9-2-4-10(18)5-3-9)11-6-7-12(16)14(17)15(11)19/h2-7,13,20H,8H2,1H3. The lowest BCUT2D eigenvalue weighted by Crippen LogP contribution is -2.20. The van der Waals surface area contributed by atoms with E-state index in [1.54, 1.807) is 31.3 Å². The second-order valence-corrected chi connectivity index (χ2v) is 5.67. The Morgan fingerprint density at radius 1 is 1.15 bits per heavy atom. The molecule has 0 aromatic heterocycles. The van der Waals surface area contributed by atoms with E-state index in [-0.39, 0.29) is 16.9 Å². The van der Waals surface area contributed by atoms with Gasteiger partial charge in [0.25, 0.3) is 0 Å². The number of rotatable bonds is 4. The van der Waals surface area contributed by atoms with Gasteiger partial charge in [-0.1, -0.05) is 29.8 Å². The van der Waals surface area contributed by atoms with Gasteiger partial charge in [0.2, 0.25) is 0 Å². The van der Waals surface area contributed by atoms with Gasteiger partial charge in [-0.3, -0.25) is 0 Å². The van der Waals surface area contributed by atoms with Gasteiger partial charge < -0.3 is 5.32 Å². The third kappa shape index (κ3) is 3.37. The van der Waals surface area contributed by atoms with Crippen molar-refractivity contribution in [2.24, 2.45) is 0 Å². The van der Waals surface area contributed by atoms with Crippen molar-refractivity contribution in [3.8, 4) is 0 Å². The average Bonchev–Trinajstić information content (AvgIpc) is 2.45. The maximum Gasteiger partial charge on any atom is 0.147 e. The molecule has 0 spiro atoms. The first-order valence-corrected chi connectivity index (χ1v) is 7.25. The molecule has 0 saturated carbocycles. The molecule has 0 aliphatic carbocycles. The van der Waals surface area contributed by atoms with Crippen LogP contribution in [0.3, 0.4) is 0 Å². The van der Waals surface area contributed by atoms with E-state index in [4.69, 9.17) is 11.6 Å². The van der Waals surface area contributed by atoms with Gasteiger partial charge in [0, 0.05) is 16.1 Å². The predicted molar refractivity (Wildman–Crippen MR) is 81.0 cm³/mol. The Morgan fingerprint density at radius 3 is 2.40 bits per heavy atom. The van der Waals surface area contributed by atoms with Crippen LogP contribution in [0.15, 0.2) is 40.9 Å². The van der Waals surface area contributed by atoms with Crippen LogP contribution in [0.2, 0.25) is 5.02 Å². The summed E-state index contributed by atoms with van der Waals surface area (Å²) in [5.74, 6) is -0.727. The number of benzene rings is 2. The zero-order chi connectivity index (χ0) is 14.7. The van der Waals surface area contributed by atoms with Gasteiger partial charge in [0.1, 0.15) is 11.6 Å². The van der Waals surface area contributed by atoms with Crippen molar-refractivity contribution in [2.45, 2.75) is 12.5 Å². The van der Waals surface area contributed by atoms with Gasteiger partial charge in [0.05, 0.1) is 5.02 Å². The third-order valence-corrected chi connectivity index (χ3v) is 4.40. The molecule has 1 nitrogen and oxygen atoms in total. The molecule has 1 atom stereocenters. The summed E-state index contributed by atoms with van der Waals surface area (Å²) in [6.07, 6.45) is 0.547. The van der Waals surface area contributed by atoms with E-state index in [0.29, 0.717) is 16.5 Å². The van der Waals surface area contributed by atoms with Gasteiger partial charge in [-0.05, 0) is 53.2 Å². The van der Waals surface area contributed by atoms with Crippen LogP contribution in [0.25, 0.3) is 0 Å². The molecule has 0 aliphatic rings. The molecule has 0 amide bonds. The van der Waals surface area contributed by atoms with Gasteiger partial charge in [-0.2, -0.15) is 0 Å². The minimum Gasteiger partial charge on any atom is -0.313 e. The van der Waals surface area contributed by atoms with Gasteiger partial charge in [0.15, 0.2) is 0 Å². The first-order chi connectivity index (χ1) is 9.52. The van der Waals surface area contributed by atoms with Gasteiger partial charge >= 0.3 is 0 Å². The Bertz CT molecular complexity index is 602. The molecule has 0 fully saturated rings. The Balaban J connectivity index is 2.29. The summed E-state index contributed by atoms with van der Waals surface area (Å²) in [4.78, 5) is 0. The quantitative estimate of drug-likeness (QED) is 0.766. The Labute approximate surface area is 130 Å². The summed E-state index contributed by atoms with van der Waals surface area (Å²) in [5.41, 5.74) is 1.41. The van der Waals surface area contributed by atoms with Gasteiger partial charge in [-0.25, -0.2) is 8.78 Å². The Kier molecular flexibility index (Phi) is 5.13. The van der Waals surface area contributed by atoms with E-state index in [2.05, 4.69) is 21.2 Å². The fourth-order valence-electron chi connectivity index (χ4n) is 2.03. The topological polar surface area (TPSA) is 12.0 Å².